The van der Waals surface area contributed by atoms with E-state index in [0.717, 1.165) is 22.1 Å². The van der Waals surface area contributed by atoms with Gasteiger partial charge in [0.2, 0.25) is 15.7 Å². The van der Waals surface area contributed by atoms with Gasteiger partial charge in [0.25, 0.3) is 0 Å². The molecule has 2 aromatic carbocycles. The Morgan fingerprint density at radius 1 is 1.00 bits per heavy atom. The molecule has 0 N–H and O–H groups in total. The third-order valence-corrected chi connectivity index (χ3v) is 8.15. The summed E-state index contributed by atoms with van der Waals surface area (Å²) in [6.45, 7) is 2.23. The summed E-state index contributed by atoms with van der Waals surface area (Å²) in [5.41, 5.74) is 4.06. The van der Waals surface area contributed by atoms with Crippen LogP contribution in [0.2, 0.25) is 0 Å². The van der Waals surface area contributed by atoms with Crippen molar-refractivity contribution in [2.75, 3.05) is 12.8 Å². The lowest BCUT2D eigenvalue weighted by Crippen LogP contribution is -2.33. The number of fused-ring (bicyclic) bond motifs is 1. The van der Waals surface area contributed by atoms with Crippen LogP contribution < -0.4 is 0 Å². The normalized spacial score (nSPS) is 18.6. The predicted octanol–water partition coefficient (Wildman–Crippen LogP) is 5.15. The molecule has 0 amide bonds. The van der Waals surface area contributed by atoms with Crippen molar-refractivity contribution in [2.24, 2.45) is 0 Å². The van der Waals surface area contributed by atoms with Gasteiger partial charge in [0.1, 0.15) is 23.6 Å². The quantitative estimate of drug-likeness (QED) is 0.320. The molecule has 188 valence electrons. The predicted molar refractivity (Wildman–Crippen MR) is 139 cm³/mol. The van der Waals surface area contributed by atoms with Crippen LogP contribution in [0.15, 0.2) is 77.6 Å². The van der Waals surface area contributed by atoms with Crippen molar-refractivity contribution in [1.29, 1.82) is 0 Å². The van der Waals surface area contributed by atoms with Crippen molar-refractivity contribution < 1.29 is 17.2 Å². The molecule has 5 aromatic rings. The van der Waals surface area contributed by atoms with Gasteiger partial charge in [-0.25, -0.2) is 22.8 Å². The third-order valence-electron chi connectivity index (χ3n) is 6.79. The Labute approximate surface area is 213 Å². The van der Waals surface area contributed by atoms with Crippen molar-refractivity contribution in [3.63, 3.8) is 0 Å². The Morgan fingerprint density at radius 2 is 1.76 bits per heavy atom. The first-order chi connectivity index (χ1) is 17.8. The minimum absolute atomic E-state index is 0.144. The zero-order valence-corrected chi connectivity index (χ0v) is 21.1. The fraction of sp³-hybridized carbons (Fsp3) is 0.222. The van der Waals surface area contributed by atoms with Gasteiger partial charge >= 0.3 is 0 Å². The molecule has 4 heterocycles. The van der Waals surface area contributed by atoms with Gasteiger partial charge in [-0.2, -0.15) is 9.40 Å². The fourth-order valence-electron chi connectivity index (χ4n) is 5.02. The van der Waals surface area contributed by atoms with Crippen LogP contribution >= 0.6 is 0 Å². The molecule has 37 heavy (non-hydrogen) atoms. The molecule has 0 radical (unpaired) electrons. The second-order valence-corrected chi connectivity index (χ2v) is 11.3. The van der Waals surface area contributed by atoms with Crippen LogP contribution in [-0.4, -0.2) is 51.3 Å². The van der Waals surface area contributed by atoms with Crippen molar-refractivity contribution in [3.05, 3.63) is 79.0 Å². The first-order valence-electron chi connectivity index (χ1n) is 11.9. The molecule has 2 atom stereocenters. The lowest BCUT2D eigenvalue weighted by atomic mass is 10.0. The molecule has 1 aliphatic rings. The number of rotatable bonds is 5. The average Bonchev–Trinajstić information content (AvgIpc) is 3.61. The maximum absolute atomic E-state index is 13.7. The highest BCUT2D eigenvalue weighted by Gasteiger charge is 2.36. The maximum Gasteiger partial charge on any atom is 0.230 e. The number of hydrogen-bond donors (Lipinski definition) is 0. The number of benzene rings is 2. The van der Waals surface area contributed by atoms with E-state index in [4.69, 9.17) is 9.52 Å². The Bertz CT molecular complexity index is 1700. The van der Waals surface area contributed by atoms with E-state index >= 15 is 0 Å². The summed E-state index contributed by atoms with van der Waals surface area (Å²) in [6.07, 6.45) is 5.19. The molecule has 1 saturated heterocycles. The van der Waals surface area contributed by atoms with Gasteiger partial charge in [-0.3, -0.25) is 4.68 Å². The van der Waals surface area contributed by atoms with Gasteiger partial charge in [0, 0.05) is 35.5 Å². The summed E-state index contributed by atoms with van der Waals surface area (Å²) in [7, 11) is -3.34. The summed E-state index contributed by atoms with van der Waals surface area (Å²) < 4.78 is 47.6. The highest BCUT2D eigenvalue weighted by molar-refractivity contribution is 7.88. The SMILES string of the molecule is C[C@@H]1C[C@H](n2cc(-c3ncnc4oc(-c5ccccc5)cc34)c(-c3ccc(F)cc3)n2)CN1S(C)(=O)=O. The van der Waals surface area contributed by atoms with Crippen LogP contribution in [0.25, 0.3) is 44.9 Å². The molecule has 0 bridgehead atoms. The van der Waals surface area contributed by atoms with Gasteiger partial charge in [-0.05, 0) is 43.7 Å². The minimum Gasteiger partial charge on any atom is -0.438 e. The molecule has 1 fully saturated rings. The maximum atomic E-state index is 13.7. The molecule has 3 aromatic heterocycles. The number of halogens is 1. The molecule has 8 nitrogen and oxygen atoms in total. The standard InChI is InChI=1S/C27H24FN5O3S/c1-17-12-21(14-33(17)37(2,34)35)32-15-23(25(31-32)19-8-10-20(28)11-9-19)26-22-13-24(18-6-4-3-5-7-18)36-27(22)30-16-29-26/h3-11,13,15-17,21H,12,14H2,1-2H3/t17-,21+/m1/s1. The van der Waals surface area contributed by atoms with E-state index in [9.17, 15) is 12.8 Å². The number of hydrogen-bond acceptors (Lipinski definition) is 6. The third kappa shape index (κ3) is 4.32. The molecule has 0 aliphatic carbocycles. The van der Waals surface area contributed by atoms with E-state index in [1.54, 1.807) is 12.1 Å². The monoisotopic (exact) mass is 517 g/mol. The molecular weight excluding hydrogens is 493 g/mol. The summed E-state index contributed by atoms with van der Waals surface area (Å²) in [6, 6.07) is 17.5. The van der Waals surface area contributed by atoms with Gasteiger partial charge in [-0.15, -0.1) is 0 Å². The summed E-state index contributed by atoms with van der Waals surface area (Å²) in [5, 5.41) is 5.60. The fourth-order valence-corrected chi connectivity index (χ4v) is 6.20. The molecule has 6 rings (SSSR count). The molecule has 1 aliphatic heterocycles. The van der Waals surface area contributed by atoms with E-state index in [1.807, 2.05) is 54.2 Å². The highest BCUT2D eigenvalue weighted by atomic mass is 32.2. The van der Waals surface area contributed by atoms with Crippen molar-refractivity contribution in [1.82, 2.24) is 24.1 Å². The topological polar surface area (TPSA) is 94.1 Å². The average molecular weight is 518 g/mol. The Morgan fingerprint density at radius 3 is 2.46 bits per heavy atom. The Balaban J connectivity index is 1.50. The van der Waals surface area contributed by atoms with Crippen LogP contribution in [-0.2, 0) is 10.0 Å². The van der Waals surface area contributed by atoms with Crippen molar-refractivity contribution in [3.8, 4) is 33.8 Å². The van der Waals surface area contributed by atoms with Gasteiger partial charge in [0.05, 0.1) is 23.4 Å². The molecule has 10 heteroatoms. The highest BCUT2D eigenvalue weighted by Crippen LogP contribution is 2.38. The van der Waals surface area contributed by atoms with Crippen molar-refractivity contribution >= 4 is 21.1 Å². The lowest BCUT2D eigenvalue weighted by Gasteiger charge is -2.17. The first-order valence-corrected chi connectivity index (χ1v) is 13.7. The van der Waals surface area contributed by atoms with E-state index in [1.165, 1.54) is 29.0 Å². The second kappa shape index (κ2) is 8.89. The van der Waals surface area contributed by atoms with Crippen LogP contribution in [0.3, 0.4) is 0 Å². The van der Waals surface area contributed by atoms with Gasteiger partial charge in [-0.1, -0.05) is 30.3 Å². The minimum atomic E-state index is -3.34. The number of aromatic nitrogens is 4. The molecule has 0 spiro atoms. The largest absolute Gasteiger partial charge is 0.438 e. The first kappa shape index (κ1) is 23.5. The zero-order chi connectivity index (χ0) is 25.7. The summed E-state index contributed by atoms with van der Waals surface area (Å²) >= 11 is 0. The van der Waals surface area contributed by atoms with Crippen LogP contribution in [0.5, 0.6) is 0 Å². The zero-order valence-electron chi connectivity index (χ0n) is 20.2. The summed E-state index contributed by atoms with van der Waals surface area (Å²) in [5.74, 6) is 0.325. The van der Waals surface area contributed by atoms with Crippen LogP contribution in [0.1, 0.15) is 19.4 Å². The Kier molecular flexibility index (Phi) is 5.65. The second-order valence-electron chi connectivity index (χ2n) is 9.37. The Hall–Kier alpha value is -3.89. The number of nitrogens with zero attached hydrogens (tertiary/aromatic N) is 5. The van der Waals surface area contributed by atoms with Crippen molar-refractivity contribution in [2.45, 2.75) is 25.4 Å². The smallest absolute Gasteiger partial charge is 0.230 e. The molecular formula is C27H24FN5O3S. The summed E-state index contributed by atoms with van der Waals surface area (Å²) in [4.78, 5) is 8.92. The van der Waals surface area contributed by atoms with E-state index in [0.29, 0.717) is 35.8 Å². The lowest BCUT2D eigenvalue weighted by molar-refractivity contribution is 0.404. The molecule has 0 saturated carbocycles. The van der Waals surface area contributed by atoms with Gasteiger partial charge < -0.3 is 4.42 Å². The van der Waals surface area contributed by atoms with Crippen LogP contribution in [0, 0.1) is 5.82 Å². The van der Waals surface area contributed by atoms with Gasteiger partial charge in [0.15, 0.2) is 0 Å². The molecule has 0 unspecified atom stereocenters. The van der Waals surface area contributed by atoms with E-state index in [-0.39, 0.29) is 17.9 Å². The van der Waals surface area contributed by atoms with Crippen LogP contribution in [0.4, 0.5) is 4.39 Å². The number of sulfonamides is 1. The van der Waals surface area contributed by atoms with E-state index in [2.05, 4.69) is 9.97 Å². The van der Waals surface area contributed by atoms with E-state index < -0.39 is 10.0 Å². The number of furan rings is 1.